The maximum Gasteiger partial charge on any atom is 0.136 e. The summed E-state index contributed by atoms with van der Waals surface area (Å²) >= 11 is 0. The number of rotatable bonds is 4. The van der Waals surface area contributed by atoms with E-state index in [1.807, 2.05) is 13.1 Å². The van der Waals surface area contributed by atoms with Crippen molar-refractivity contribution in [3.63, 3.8) is 0 Å². The van der Waals surface area contributed by atoms with Crippen molar-refractivity contribution in [2.24, 2.45) is 5.92 Å². The molecule has 4 nitrogen and oxygen atoms in total. The van der Waals surface area contributed by atoms with Gasteiger partial charge in [0.2, 0.25) is 0 Å². The molecule has 0 aliphatic heterocycles. The molecule has 0 saturated heterocycles. The second-order valence-corrected chi connectivity index (χ2v) is 5.68. The fraction of sp³-hybridized carbons (Fsp3) is 0.714. The fourth-order valence-corrected chi connectivity index (χ4v) is 2.74. The number of nitrogens with zero attached hydrogens (tertiary/aromatic N) is 2. The first-order chi connectivity index (χ1) is 8.76. The molecule has 2 aliphatic rings. The largest absolute Gasteiger partial charge is 0.373 e. The molecule has 2 fully saturated rings. The highest BCUT2D eigenvalue weighted by Gasteiger charge is 2.28. The molecule has 0 bridgehead atoms. The lowest BCUT2D eigenvalue weighted by molar-refractivity contribution is 0.554. The van der Waals surface area contributed by atoms with Crippen LogP contribution in [0.3, 0.4) is 0 Å². The zero-order chi connectivity index (χ0) is 12.5. The molecule has 1 aromatic heterocycles. The van der Waals surface area contributed by atoms with Crippen LogP contribution < -0.4 is 10.6 Å². The van der Waals surface area contributed by atoms with Crippen LogP contribution in [-0.4, -0.2) is 23.1 Å². The molecular formula is C14H22N4. The summed E-state index contributed by atoms with van der Waals surface area (Å²) in [5.41, 5.74) is 0. The molecule has 4 heteroatoms. The van der Waals surface area contributed by atoms with Gasteiger partial charge in [0.25, 0.3) is 0 Å². The van der Waals surface area contributed by atoms with Crippen LogP contribution >= 0.6 is 0 Å². The van der Waals surface area contributed by atoms with E-state index >= 15 is 0 Å². The van der Waals surface area contributed by atoms with Crippen LogP contribution in [0.15, 0.2) is 6.07 Å². The van der Waals surface area contributed by atoms with Gasteiger partial charge in [0.1, 0.15) is 17.5 Å². The van der Waals surface area contributed by atoms with Crippen molar-refractivity contribution in [1.29, 1.82) is 0 Å². The van der Waals surface area contributed by atoms with Crippen molar-refractivity contribution in [3.8, 4) is 0 Å². The predicted molar refractivity (Wildman–Crippen MR) is 74.0 cm³/mol. The van der Waals surface area contributed by atoms with Crippen LogP contribution in [-0.2, 0) is 0 Å². The molecule has 0 radical (unpaired) electrons. The van der Waals surface area contributed by atoms with E-state index in [9.17, 15) is 0 Å². The van der Waals surface area contributed by atoms with E-state index in [-0.39, 0.29) is 0 Å². The average molecular weight is 246 g/mol. The van der Waals surface area contributed by atoms with Crippen molar-refractivity contribution in [1.82, 2.24) is 9.97 Å². The molecule has 0 aromatic carbocycles. The summed E-state index contributed by atoms with van der Waals surface area (Å²) in [6.45, 7) is 2.33. The second-order valence-electron chi connectivity index (χ2n) is 5.68. The van der Waals surface area contributed by atoms with Gasteiger partial charge in [-0.25, -0.2) is 9.97 Å². The fourth-order valence-electron chi connectivity index (χ4n) is 2.74. The van der Waals surface area contributed by atoms with Gasteiger partial charge in [-0.3, -0.25) is 0 Å². The Hall–Kier alpha value is -1.32. The summed E-state index contributed by atoms with van der Waals surface area (Å²) < 4.78 is 0. The SMILES string of the molecule is CNc1cc(NC2CCCC2C)nc(C2CC2)n1. The summed E-state index contributed by atoms with van der Waals surface area (Å²) in [6.07, 6.45) is 6.41. The van der Waals surface area contributed by atoms with E-state index in [0.29, 0.717) is 12.0 Å². The first-order valence-corrected chi connectivity index (χ1v) is 7.09. The van der Waals surface area contributed by atoms with Crippen molar-refractivity contribution >= 4 is 11.6 Å². The minimum atomic E-state index is 0.580. The van der Waals surface area contributed by atoms with E-state index in [1.54, 1.807) is 0 Å². The average Bonchev–Trinajstić information content (AvgIpc) is 3.15. The maximum absolute atomic E-state index is 4.68. The molecule has 0 amide bonds. The Bertz CT molecular complexity index is 428. The highest BCUT2D eigenvalue weighted by Crippen LogP contribution is 2.39. The minimum absolute atomic E-state index is 0.580. The van der Waals surface area contributed by atoms with Crippen molar-refractivity contribution in [3.05, 3.63) is 11.9 Å². The number of nitrogens with one attached hydrogen (secondary N) is 2. The second kappa shape index (κ2) is 4.75. The monoisotopic (exact) mass is 246 g/mol. The van der Waals surface area contributed by atoms with Crippen LogP contribution in [0.1, 0.15) is 50.8 Å². The Morgan fingerprint density at radius 1 is 1.11 bits per heavy atom. The normalized spacial score (nSPS) is 27.2. The first kappa shape index (κ1) is 11.8. The Labute approximate surface area is 109 Å². The van der Waals surface area contributed by atoms with Crippen LogP contribution in [0, 0.1) is 5.92 Å². The standard InChI is InChI=1S/C14H22N4/c1-9-4-3-5-11(9)16-13-8-12(15-2)17-14(18-13)10-6-7-10/h8-11H,3-7H2,1-2H3,(H2,15,16,17,18). The van der Waals surface area contributed by atoms with Crippen molar-refractivity contribution in [2.45, 2.75) is 51.0 Å². The van der Waals surface area contributed by atoms with Gasteiger partial charge in [0.05, 0.1) is 0 Å². The highest BCUT2D eigenvalue weighted by molar-refractivity contribution is 5.48. The van der Waals surface area contributed by atoms with Crippen LogP contribution in [0.4, 0.5) is 11.6 Å². The van der Waals surface area contributed by atoms with E-state index in [1.165, 1.54) is 32.1 Å². The molecule has 1 heterocycles. The quantitative estimate of drug-likeness (QED) is 0.857. The van der Waals surface area contributed by atoms with Gasteiger partial charge in [-0.2, -0.15) is 0 Å². The molecule has 2 atom stereocenters. The highest BCUT2D eigenvalue weighted by atomic mass is 15.1. The third-order valence-corrected chi connectivity index (χ3v) is 4.14. The molecule has 2 N–H and O–H groups in total. The van der Waals surface area contributed by atoms with Gasteiger partial charge in [-0.05, 0) is 31.6 Å². The summed E-state index contributed by atoms with van der Waals surface area (Å²) in [4.78, 5) is 9.22. The van der Waals surface area contributed by atoms with E-state index < -0.39 is 0 Å². The van der Waals surface area contributed by atoms with Gasteiger partial charge < -0.3 is 10.6 Å². The van der Waals surface area contributed by atoms with Crippen LogP contribution in [0.2, 0.25) is 0 Å². The molecule has 2 saturated carbocycles. The molecule has 98 valence electrons. The lowest BCUT2D eigenvalue weighted by Gasteiger charge is -2.18. The van der Waals surface area contributed by atoms with E-state index in [2.05, 4.69) is 27.5 Å². The lowest BCUT2D eigenvalue weighted by Crippen LogP contribution is -2.23. The van der Waals surface area contributed by atoms with E-state index in [4.69, 9.17) is 0 Å². The van der Waals surface area contributed by atoms with Crippen molar-refractivity contribution < 1.29 is 0 Å². The maximum atomic E-state index is 4.68. The van der Waals surface area contributed by atoms with Gasteiger partial charge in [0, 0.05) is 25.1 Å². The van der Waals surface area contributed by atoms with Gasteiger partial charge in [-0.15, -0.1) is 0 Å². The van der Waals surface area contributed by atoms with Gasteiger partial charge >= 0.3 is 0 Å². The number of hydrogen-bond acceptors (Lipinski definition) is 4. The molecular weight excluding hydrogens is 224 g/mol. The molecule has 2 aliphatic carbocycles. The number of anilines is 2. The Kier molecular flexibility index (Phi) is 3.10. The Morgan fingerprint density at radius 2 is 1.89 bits per heavy atom. The Balaban J connectivity index is 1.79. The summed E-state index contributed by atoms with van der Waals surface area (Å²) in [5, 5.41) is 6.73. The first-order valence-electron chi connectivity index (χ1n) is 7.09. The van der Waals surface area contributed by atoms with Gasteiger partial charge in [-0.1, -0.05) is 13.3 Å². The number of hydrogen-bond donors (Lipinski definition) is 2. The predicted octanol–water partition coefficient (Wildman–Crippen LogP) is 3.00. The smallest absolute Gasteiger partial charge is 0.136 e. The van der Waals surface area contributed by atoms with E-state index in [0.717, 1.165) is 23.4 Å². The van der Waals surface area contributed by atoms with Crippen LogP contribution in [0.5, 0.6) is 0 Å². The molecule has 18 heavy (non-hydrogen) atoms. The topological polar surface area (TPSA) is 49.8 Å². The number of aromatic nitrogens is 2. The third kappa shape index (κ3) is 2.42. The minimum Gasteiger partial charge on any atom is -0.373 e. The van der Waals surface area contributed by atoms with Crippen molar-refractivity contribution in [2.75, 3.05) is 17.7 Å². The Morgan fingerprint density at radius 3 is 2.50 bits per heavy atom. The third-order valence-electron chi connectivity index (χ3n) is 4.14. The zero-order valence-electron chi connectivity index (χ0n) is 11.2. The summed E-state index contributed by atoms with van der Waals surface area (Å²) in [6, 6.07) is 2.60. The summed E-state index contributed by atoms with van der Waals surface area (Å²) in [5.74, 6) is 4.28. The molecule has 1 aromatic rings. The molecule has 2 unspecified atom stereocenters. The van der Waals surface area contributed by atoms with Gasteiger partial charge in [0.15, 0.2) is 0 Å². The van der Waals surface area contributed by atoms with Crippen LogP contribution in [0.25, 0.3) is 0 Å². The lowest BCUT2D eigenvalue weighted by atomic mass is 10.1. The molecule has 0 spiro atoms. The zero-order valence-corrected chi connectivity index (χ0v) is 11.2. The molecule has 3 rings (SSSR count). The summed E-state index contributed by atoms with van der Waals surface area (Å²) in [7, 11) is 1.92.